The minimum atomic E-state index is -1.93. The number of nitrogens with one attached hydrogen (secondary N) is 3. The summed E-state index contributed by atoms with van der Waals surface area (Å²) < 4.78 is -1.93. The van der Waals surface area contributed by atoms with Crippen LogP contribution in [0.2, 0.25) is 0 Å². The zero-order valence-electron chi connectivity index (χ0n) is 15.6. The quantitative estimate of drug-likeness (QED) is 0.148. The number of anilines is 1. The molecule has 160 valence electrons. The molecule has 1 atom stereocenters. The fourth-order valence-corrected chi connectivity index (χ4v) is 3.36. The Kier molecular flexibility index (Phi) is 7.17. The number of halogens is 3. The molecule has 0 aliphatic rings. The zero-order valence-corrected chi connectivity index (χ0v) is 18.7. The molecule has 0 aliphatic carbocycles. The zero-order chi connectivity index (χ0) is 22.6. The molecule has 31 heavy (non-hydrogen) atoms. The highest BCUT2D eigenvalue weighted by Gasteiger charge is 2.35. The van der Waals surface area contributed by atoms with Gasteiger partial charge in [-0.2, -0.15) is 0 Å². The summed E-state index contributed by atoms with van der Waals surface area (Å²) >= 11 is 23.4. The van der Waals surface area contributed by atoms with Crippen LogP contribution in [0.4, 0.5) is 11.4 Å². The summed E-state index contributed by atoms with van der Waals surface area (Å²) in [6, 6.07) is 18.3. The predicted octanol–water partition coefficient (Wildman–Crippen LogP) is 5.16. The Balaban J connectivity index is 1.73. The van der Waals surface area contributed by atoms with Crippen LogP contribution in [0.15, 0.2) is 66.7 Å². The number of nitro groups is 1. The predicted molar refractivity (Wildman–Crippen MR) is 128 cm³/mol. The first-order chi connectivity index (χ1) is 14.6. The first-order valence-electron chi connectivity index (χ1n) is 8.82. The molecule has 1 amide bonds. The molecule has 0 aliphatic heterocycles. The topological polar surface area (TPSA) is 96.3 Å². The maximum absolute atomic E-state index is 12.9. The minimum absolute atomic E-state index is 0.0448. The lowest BCUT2D eigenvalue weighted by atomic mass is 10.0. The second-order valence-electron chi connectivity index (χ2n) is 6.38. The molecule has 0 bridgehead atoms. The monoisotopic (exact) mass is 496 g/mol. The molecule has 0 spiro atoms. The third-order valence-corrected chi connectivity index (χ3v) is 5.12. The molecule has 3 aromatic carbocycles. The van der Waals surface area contributed by atoms with Gasteiger partial charge in [-0.05, 0) is 41.2 Å². The molecule has 3 rings (SSSR count). The van der Waals surface area contributed by atoms with Crippen LogP contribution in [0.5, 0.6) is 0 Å². The van der Waals surface area contributed by atoms with Gasteiger partial charge in [-0.1, -0.05) is 71.2 Å². The third kappa shape index (κ3) is 5.95. The number of nitro benzene ring substituents is 1. The lowest BCUT2D eigenvalue weighted by Crippen LogP contribution is -2.56. The largest absolute Gasteiger partial charge is 0.339 e. The van der Waals surface area contributed by atoms with E-state index < -0.39 is 20.8 Å². The number of alkyl halides is 3. The van der Waals surface area contributed by atoms with Crippen LogP contribution in [0.1, 0.15) is 10.4 Å². The second-order valence-corrected chi connectivity index (χ2v) is 9.15. The van der Waals surface area contributed by atoms with Gasteiger partial charge >= 0.3 is 0 Å². The first-order valence-corrected chi connectivity index (χ1v) is 10.4. The summed E-state index contributed by atoms with van der Waals surface area (Å²) in [5, 5.41) is 20.7. The molecule has 11 heteroatoms. The summed E-state index contributed by atoms with van der Waals surface area (Å²) in [5.41, 5.74) is 0.825. The van der Waals surface area contributed by atoms with E-state index in [0.717, 1.165) is 10.8 Å². The number of carbonyl (C=O) groups excluding carboxylic acids is 1. The van der Waals surface area contributed by atoms with E-state index in [4.69, 9.17) is 47.0 Å². The van der Waals surface area contributed by atoms with E-state index in [1.54, 1.807) is 12.1 Å². The summed E-state index contributed by atoms with van der Waals surface area (Å²) in [6.07, 6.45) is -1.16. The average Bonchev–Trinajstić information content (AvgIpc) is 2.72. The standard InChI is InChI=1S/C20H15Cl3N4O3S/c21-20(22,23)18(26-19(31)24-13-8-10-14(11-9-13)27(29)30)25-17(28)16-7-3-5-12-4-1-2-6-15(12)16/h1-11,18H,(H,25,28)(H2,24,26,31)/t18-/m0/s1. The maximum Gasteiger partial charge on any atom is 0.269 e. The van der Waals surface area contributed by atoms with Gasteiger partial charge in [-0.25, -0.2) is 0 Å². The molecule has 0 fully saturated rings. The Morgan fingerprint density at radius 3 is 2.26 bits per heavy atom. The molecule has 7 nitrogen and oxygen atoms in total. The van der Waals surface area contributed by atoms with Gasteiger partial charge in [0.15, 0.2) is 5.11 Å². The van der Waals surface area contributed by atoms with Crippen LogP contribution < -0.4 is 16.0 Å². The molecular weight excluding hydrogens is 483 g/mol. The van der Waals surface area contributed by atoms with Crippen LogP contribution in [0.25, 0.3) is 10.8 Å². The van der Waals surface area contributed by atoms with Crippen molar-refractivity contribution in [3.05, 3.63) is 82.4 Å². The van der Waals surface area contributed by atoms with Crippen LogP contribution in [-0.2, 0) is 0 Å². The van der Waals surface area contributed by atoms with Crippen LogP contribution >= 0.6 is 47.0 Å². The molecule has 0 aromatic heterocycles. The third-order valence-electron chi connectivity index (χ3n) is 4.25. The number of hydrogen-bond acceptors (Lipinski definition) is 4. The molecule has 0 saturated heterocycles. The Morgan fingerprint density at radius 2 is 1.61 bits per heavy atom. The van der Waals surface area contributed by atoms with Gasteiger partial charge < -0.3 is 16.0 Å². The molecule has 0 radical (unpaired) electrons. The smallest absolute Gasteiger partial charge is 0.269 e. The van der Waals surface area contributed by atoms with Crippen molar-refractivity contribution in [1.82, 2.24) is 10.6 Å². The van der Waals surface area contributed by atoms with E-state index >= 15 is 0 Å². The van der Waals surface area contributed by atoms with E-state index in [1.165, 1.54) is 24.3 Å². The number of amides is 1. The number of hydrogen-bond donors (Lipinski definition) is 3. The maximum atomic E-state index is 12.9. The Bertz CT molecular complexity index is 1130. The van der Waals surface area contributed by atoms with Crippen molar-refractivity contribution in [2.24, 2.45) is 0 Å². The summed E-state index contributed by atoms with van der Waals surface area (Å²) in [5.74, 6) is -0.459. The number of carbonyl (C=O) groups is 1. The molecule has 0 heterocycles. The van der Waals surface area contributed by atoms with Crippen molar-refractivity contribution in [2.45, 2.75) is 9.96 Å². The van der Waals surface area contributed by atoms with Crippen LogP contribution in [0.3, 0.4) is 0 Å². The highest BCUT2D eigenvalue weighted by molar-refractivity contribution is 7.80. The fourth-order valence-electron chi connectivity index (χ4n) is 2.80. The van der Waals surface area contributed by atoms with E-state index in [2.05, 4.69) is 16.0 Å². The number of fused-ring (bicyclic) bond motifs is 1. The summed E-state index contributed by atoms with van der Waals surface area (Å²) in [7, 11) is 0. The van der Waals surface area contributed by atoms with Gasteiger partial charge in [0.1, 0.15) is 6.17 Å². The molecular formula is C20H15Cl3N4O3S. The summed E-state index contributed by atoms with van der Waals surface area (Å²) in [4.78, 5) is 23.1. The molecule has 3 N–H and O–H groups in total. The number of rotatable bonds is 5. The van der Waals surface area contributed by atoms with Crippen LogP contribution in [-0.4, -0.2) is 25.9 Å². The van der Waals surface area contributed by atoms with Crippen molar-refractivity contribution in [1.29, 1.82) is 0 Å². The minimum Gasteiger partial charge on any atom is -0.339 e. The summed E-state index contributed by atoms with van der Waals surface area (Å²) in [6.45, 7) is 0. The van der Waals surface area contributed by atoms with Gasteiger partial charge in [0.05, 0.1) is 4.92 Å². The fraction of sp³-hybridized carbons (Fsp3) is 0.100. The van der Waals surface area contributed by atoms with Gasteiger partial charge in [-0.3, -0.25) is 14.9 Å². The lowest BCUT2D eigenvalue weighted by molar-refractivity contribution is -0.384. The van der Waals surface area contributed by atoms with Crippen molar-refractivity contribution >= 4 is 80.2 Å². The van der Waals surface area contributed by atoms with E-state index in [1.807, 2.05) is 30.3 Å². The Hall–Kier alpha value is -2.65. The average molecular weight is 498 g/mol. The lowest BCUT2D eigenvalue weighted by Gasteiger charge is -2.28. The Morgan fingerprint density at radius 1 is 0.968 bits per heavy atom. The van der Waals surface area contributed by atoms with E-state index in [9.17, 15) is 14.9 Å². The van der Waals surface area contributed by atoms with Crippen LogP contribution in [0, 0.1) is 10.1 Å². The first kappa shape index (κ1) is 23.0. The number of thiocarbonyl (C=S) groups is 1. The number of benzene rings is 3. The van der Waals surface area contributed by atoms with Crippen molar-refractivity contribution in [2.75, 3.05) is 5.32 Å². The van der Waals surface area contributed by atoms with E-state index in [0.29, 0.717) is 11.3 Å². The number of non-ortho nitro benzene ring substituents is 1. The number of nitrogens with zero attached hydrogens (tertiary/aromatic N) is 1. The van der Waals surface area contributed by atoms with Crippen molar-refractivity contribution < 1.29 is 9.72 Å². The highest BCUT2D eigenvalue weighted by atomic mass is 35.6. The molecule has 0 saturated carbocycles. The SMILES string of the molecule is O=C(N[C@@H](NC(=S)Nc1ccc([N+](=O)[O-])cc1)C(Cl)(Cl)Cl)c1cccc2ccccc12. The highest BCUT2D eigenvalue weighted by Crippen LogP contribution is 2.30. The van der Waals surface area contributed by atoms with Crippen molar-refractivity contribution in [3.63, 3.8) is 0 Å². The van der Waals surface area contributed by atoms with Gasteiger partial charge in [0, 0.05) is 23.4 Å². The van der Waals surface area contributed by atoms with Crippen molar-refractivity contribution in [3.8, 4) is 0 Å². The normalized spacial score (nSPS) is 12.1. The Labute approximate surface area is 197 Å². The molecule has 0 unspecified atom stereocenters. The van der Waals surface area contributed by atoms with Gasteiger partial charge in [0.2, 0.25) is 3.79 Å². The van der Waals surface area contributed by atoms with Gasteiger partial charge in [-0.15, -0.1) is 0 Å². The van der Waals surface area contributed by atoms with Gasteiger partial charge in [0.25, 0.3) is 11.6 Å². The second kappa shape index (κ2) is 9.65. The molecule has 3 aromatic rings. The van der Waals surface area contributed by atoms with E-state index in [-0.39, 0.29) is 10.8 Å².